The van der Waals surface area contributed by atoms with Crippen molar-refractivity contribution in [1.82, 2.24) is 9.21 Å². The fourth-order valence-corrected chi connectivity index (χ4v) is 4.45. The number of carbonyl (C=O) groups excluding carboxylic acids is 1. The van der Waals surface area contributed by atoms with E-state index in [0.29, 0.717) is 6.61 Å². The van der Waals surface area contributed by atoms with Crippen molar-refractivity contribution >= 4 is 15.9 Å². The Morgan fingerprint density at radius 1 is 1.00 bits per heavy atom. The minimum Gasteiger partial charge on any atom is -0.369 e. The molecule has 1 unspecified atom stereocenters. The second-order valence-corrected chi connectivity index (χ2v) is 8.51. The van der Waals surface area contributed by atoms with Crippen molar-refractivity contribution < 1.29 is 44.3 Å². The Morgan fingerprint density at radius 2 is 1.47 bits per heavy atom. The zero-order valence-electron chi connectivity index (χ0n) is 16.0. The summed E-state index contributed by atoms with van der Waals surface area (Å²) in [7, 11) is -4.64. The summed E-state index contributed by atoms with van der Waals surface area (Å²) in [6.45, 7) is 2.82. The van der Waals surface area contributed by atoms with Crippen LogP contribution >= 0.6 is 0 Å². The van der Waals surface area contributed by atoms with Crippen molar-refractivity contribution in [1.29, 1.82) is 0 Å². The van der Waals surface area contributed by atoms with Crippen LogP contribution in [0.5, 0.6) is 0 Å². The Kier molecular flexibility index (Phi) is 7.09. The molecule has 1 fully saturated rings. The molecule has 30 heavy (non-hydrogen) atoms. The van der Waals surface area contributed by atoms with Gasteiger partial charge < -0.3 is 9.64 Å². The van der Waals surface area contributed by atoms with Crippen molar-refractivity contribution in [3.63, 3.8) is 0 Å². The topological polar surface area (TPSA) is 66.9 Å². The minimum atomic E-state index is -5.16. The molecule has 1 aromatic rings. The zero-order chi connectivity index (χ0) is 22.9. The molecule has 0 bridgehead atoms. The summed E-state index contributed by atoms with van der Waals surface area (Å²) < 4.78 is 109. The Balaban J connectivity index is 2.29. The van der Waals surface area contributed by atoms with E-state index in [0.717, 1.165) is 4.31 Å². The van der Waals surface area contributed by atoms with Crippen LogP contribution in [0, 0.1) is 0 Å². The minimum absolute atomic E-state index is 0.0689. The van der Waals surface area contributed by atoms with Crippen LogP contribution in [0.1, 0.15) is 25.0 Å². The van der Waals surface area contributed by atoms with Crippen molar-refractivity contribution in [3.05, 3.63) is 29.3 Å². The standard InChI is InChI=1S/C17H20F6N2O4S/c1-3-29-11(2)15(26)24-4-6-25(7-5-24)30(27,28)14-9-12(16(18,19)20)8-13(10-14)17(21,22)23/h8-11H,3-7H2,1-2H3. The maximum atomic E-state index is 13.0. The van der Waals surface area contributed by atoms with Gasteiger partial charge in [0.15, 0.2) is 0 Å². The zero-order valence-corrected chi connectivity index (χ0v) is 16.9. The third-order valence-corrected chi connectivity index (χ3v) is 6.39. The molecule has 2 rings (SSSR count). The summed E-state index contributed by atoms with van der Waals surface area (Å²) in [4.78, 5) is 12.4. The normalized spacial score (nSPS) is 17.8. The molecule has 1 heterocycles. The van der Waals surface area contributed by atoms with Gasteiger partial charge in [0.2, 0.25) is 10.0 Å². The van der Waals surface area contributed by atoms with E-state index >= 15 is 0 Å². The molecule has 1 saturated heterocycles. The van der Waals surface area contributed by atoms with Gasteiger partial charge in [-0.15, -0.1) is 0 Å². The molecular formula is C17H20F6N2O4S. The Bertz CT molecular complexity index is 845. The molecule has 0 N–H and O–H groups in total. The Morgan fingerprint density at radius 3 is 1.87 bits per heavy atom. The molecule has 170 valence electrons. The number of hydrogen-bond acceptors (Lipinski definition) is 4. The first-order valence-corrected chi connectivity index (χ1v) is 10.3. The van der Waals surface area contributed by atoms with Gasteiger partial charge in [-0.25, -0.2) is 8.42 Å². The summed E-state index contributed by atoms with van der Waals surface area (Å²) in [6.07, 6.45) is -11.1. The second kappa shape index (κ2) is 8.71. The number of benzene rings is 1. The molecule has 0 radical (unpaired) electrons. The fraction of sp³-hybridized carbons (Fsp3) is 0.588. The Hall–Kier alpha value is -1.86. The largest absolute Gasteiger partial charge is 0.416 e. The lowest BCUT2D eigenvalue weighted by Gasteiger charge is -2.35. The number of ether oxygens (including phenoxy) is 1. The molecule has 6 nitrogen and oxygen atoms in total. The lowest BCUT2D eigenvalue weighted by Crippen LogP contribution is -2.52. The van der Waals surface area contributed by atoms with E-state index < -0.39 is 44.5 Å². The number of alkyl halides is 6. The van der Waals surface area contributed by atoms with Crippen molar-refractivity contribution in [2.24, 2.45) is 0 Å². The van der Waals surface area contributed by atoms with Crippen LogP contribution in [-0.4, -0.2) is 62.4 Å². The van der Waals surface area contributed by atoms with Gasteiger partial charge in [0.25, 0.3) is 5.91 Å². The number of sulfonamides is 1. The highest BCUT2D eigenvalue weighted by Crippen LogP contribution is 2.37. The molecule has 1 aromatic carbocycles. The Labute approximate surface area is 169 Å². The van der Waals surface area contributed by atoms with E-state index in [1.54, 1.807) is 6.92 Å². The van der Waals surface area contributed by atoms with Crippen LogP contribution in [0.4, 0.5) is 26.3 Å². The van der Waals surface area contributed by atoms with E-state index in [9.17, 15) is 39.6 Å². The molecule has 0 spiro atoms. The second-order valence-electron chi connectivity index (χ2n) is 6.57. The molecule has 0 aliphatic carbocycles. The average Bonchev–Trinajstić information content (AvgIpc) is 2.66. The predicted molar refractivity (Wildman–Crippen MR) is 92.9 cm³/mol. The lowest BCUT2D eigenvalue weighted by molar-refractivity contribution is -0.144. The lowest BCUT2D eigenvalue weighted by atomic mass is 10.1. The third kappa shape index (κ3) is 5.43. The summed E-state index contributed by atoms with van der Waals surface area (Å²) in [5.41, 5.74) is -3.43. The van der Waals surface area contributed by atoms with Gasteiger partial charge in [0, 0.05) is 32.8 Å². The van der Waals surface area contributed by atoms with Crippen molar-refractivity contribution in [2.45, 2.75) is 37.2 Å². The van der Waals surface area contributed by atoms with Gasteiger partial charge in [0.05, 0.1) is 16.0 Å². The maximum absolute atomic E-state index is 13.0. The van der Waals surface area contributed by atoms with Gasteiger partial charge in [-0.05, 0) is 32.0 Å². The van der Waals surface area contributed by atoms with Crippen LogP contribution in [-0.2, 0) is 31.9 Å². The molecule has 1 aliphatic rings. The van der Waals surface area contributed by atoms with Crippen LogP contribution in [0.3, 0.4) is 0 Å². The summed E-state index contributed by atoms with van der Waals surface area (Å²) in [6, 6.07) is 0.225. The predicted octanol–water partition coefficient (Wildman–Crippen LogP) is 2.98. The highest BCUT2D eigenvalue weighted by Gasteiger charge is 2.40. The molecule has 1 atom stereocenters. The number of piperazine rings is 1. The van der Waals surface area contributed by atoms with Gasteiger partial charge in [0.1, 0.15) is 6.10 Å². The van der Waals surface area contributed by atoms with Gasteiger partial charge in [-0.2, -0.15) is 30.6 Å². The number of rotatable bonds is 5. The monoisotopic (exact) mass is 462 g/mol. The summed E-state index contributed by atoms with van der Waals surface area (Å²) in [5, 5.41) is 0. The number of halogens is 6. The van der Waals surface area contributed by atoms with E-state index in [1.165, 1.54) is 11.8 Å². The van der Waals surface area contributed by atoms with Crippen molar-refractivity contribution in [3.8, 4) is 0 Å². The molecule has 1 aliphatic heterocycles. The first-order chi connectivity index (χ1) is 13.7. The third-order valence-electron chi connectivity index (χ3n) is 4.51. The number of amides is 1. The van der Waals surface area contributed by atoms with E-state index in [4.69, 9.17) is 4.74 Å². The molecule has 0 saturated carbocycles. The van der Waals surface area contributed by atoms with E-state index in [1.807, 2.05) is 0 Å². The van der Waals surface area contributed by atoms with Gasteiger partial charge >= 0.3 is 12.4 Å². The number of nitrogens with zero attached hydrogens (tertiary/aromatic N) is 2. The average molecular weight is 462 g/mol. The summed E-state index contributed by atoms with van der Waals surface area (Å²) >= 11 is 0. The summed E-state index contributed by atoms with van der Waals surface area (Å²) in [5.74, 6) is -0.382. The van der Waals surface area contributed by atoms with Crippen molar-refractivity contribution in [2.75, 3.05) is 32.8 Å². The van der Waals surface area contributed by atoms with Crippen LogP contribution in [0.25, 0.3) is 0 Å². The SMILES string of the molecule is CCOC(C)C(=O)N1CCN(S(=O)(=O)c2cc(C(F)(F)F)cc(C(F)(F)F)c2)CC1. The molecule has 0 aromatic heterocycles. The number of carbonyl (C=O) groups is 1. The van der Waals surface area contributed by atoms with Crippen LogP contribution < -0.4 is 0 Å². The number of hydrogen-bond donors (Lipinski definition) is 0. The first-order valence-electron chi connectivity index (χ1n) is 8.88. The quantitative estimate of drug-likeness (QED) is 0.632. The van der Waals surface area contributed by atoms with E-state index in [-0.39, 0.29) is 50.3 Å². The van der Waals surface area contributed by atoms with Crippen LogP contribution in [0.2, 0.25) is 0 Å². The smallest absolute Gasteiger partial charge is 0.369 e. The first kappa shape index (κ1) is 24.4. The maximum Gasteiger partial charge on any atom is 0.416 e. The highest BCUT2D eigenvalue weighted by molar-refractivity contribution is 7.89. The molecule has 13 heteroatoms. The van der Waals surface area contributed by atoms with E-state index in [2.05, 4.69) is 0 Å². The fourth-order valence-electron chi connectivity index (χ4n) is 2.95. The molecular weight excluding hydrogens is 442 g/mol. The van der Waals surface area contributed by atoms with Gasteiger partial charge in [-0.3, -0.25) is 4.79 Å². The highest BCUT2D eigenvalue weighted by atomic mass is 32.2. The van der Waals surface area contributed by atoms with Gasteiger partial charge in [-0.1, -0.05) is 0 Å². The molecule has 1 amide bonds. The van der Waals surface area contributed by atoms with Crippen LogP contribution in [0.15, 0.2) is 23.1 Å².